The number of nitrogens with one attached hydrogen (secondary N) is 2. The molecule has 0 aliphatic carbocycles. The van der Waals surface area contributed by atoms with Gasteiger partial charge in [0.25, 0.3) is 0 Å². The van der Waals surface area contributed by atoms with Crippen LogP contribution in [0, 0.1) is 5.41 Å². The molecule has 0 atom stereocenters. The summed E-state index contributed by atoms with van der Waals surface area (Å²) in [6.45, 7) is 6.45. The molecule has 4 N–H and O–H groups in total. The van der Waals surface area contributed by atoms with Crippen molar-refractivity contribution in [2.75, 3.05) is 19.8 Å². The highest BCUT2D eigenvalue weighted by atomic mass is 16.3. The molecule has 6 heteroatoms. The molecular formula is C12H24N2O4. The summed E-state index contributed by atoms with van der Waals surface area (Å²) in [6.07, 6.45) is 0.109. The normalized spacial score (nSPS) is 12.1. The van der Waals surface area contributed by atoms with E-state index in [2.05, 4.69) is 10.6 Å². The Labute approximate surface area is 108 Å². The minimum absolute atomic E-state index is 0.109. The first-order chi connectivity index (χ1) is 8.14. The van der Waals surface area contributed by atoms with Gasteiger partial charge in [0.05, 0.1) is 18.8 Å². The number of aliphatic hydroxyl groups is 2. The quantitative estimate of drug-likeness (QED) is 0.512. The van der Waals surface area contributed by atoms with E-state index in [4.69, 9.17) is 10.2 Å². The molecule has 0 heterocycles. The van der Waals surface area contributed by atoms with Crippen LogP contribution in [0.15, 0.2) is 0 Å². The van der Waals surface area contributed by atoms with Crippen LogP contribution in [-0.4, -0.2) is 47.3 Å². The first kappa shape index (κ1) is 16.9. The molecule has 0 aromatic rings. The van der Waals surface area contributed by atoms with Gasteiger partial charge in [0.2, 0.25) is 11.8 Å². The second-order valence-electron chi connectivity index (χ2n) is 5.68. The van der Waals surface area contributed by atoms with Crippen LogP contribution in [0.4, 0.5) is 0 Å². The highest BCUT2D eigenvalue weighted by Crippen LogP contribution is 2.12. The maximum atomic E-state index is 11.5. The summed E-state index contributed by atoms with van der Waals surface area (Å²) in [5.74, 6) is -0.447. The summed E-state index contributed by atoms with van der Waals surface area (Å²) in [6, 6.07) is 0. The van der Waals surface area contributed by atoms with Gasteiger partial charge >= 0.3 is 0 Å². The standard InChI is InChI=1S/C12H24N2O4/c1-11(2,3)10(18)13-6-5-9(17)14-12(4,7-15)8-16/h15-16H,5-8H2,1-4H3,(H,13,18)(H,14,17). The van der Waals surface area contributed by atoms with E-state index in [1.54, 1.807) is 27.7 Å². The Hall–Kier alpha value is -1.14. The summed E-state index contributed by atoms with van der Waals surface area (Å²) >= 11 is 0. The number of carbonyl (C=O) groups is 2. The van der Waals surface area contributed by atoms with Gasteiger partial charge in [0.1, 0.15) is 0 Å². The molecule has 0 saturated carbocycles. The lowest BCUT2D eigenvalue weighted by atomic mass is 9.96. The van der Waals surface area contributed by atoms with E-state index < -0.39 is 11.0 Å². The van der Waals surface area contributed by atoms with Crippen molar-refractivity contribution in [1.29, 1.82) is 0 Å². The van der Waals surface area contributed by atoms with Crippen LogP contribution in [0.3, 0.4) is 0 Å². The van der Waals surface area contributed by atoms with Crippen molar-refractivity contribution in [2.45, 2.75) is 39.7 Å². The monoisotopic (exact) mass is 260 g/mol. The van der Waals surface area contributed by atoms with Crippen LogP contribution < -0.4 is 10.6 Å². The first-order valence-electron chi connectivity index (χ1n) is 5.95. The highest BCUT2D eigenvalue weighted by Gasteiger charge is 2.25. The van der Waals surface area contributed by atoms with E-state index in [0.717, 1.165) is 0 Å². The average Bonchev–Trinajstić information content (AvgIpc) is 2.27. The van der Waals surface area contributed by atoms with Crippen LogP contribution in [0.2, 0.25) is 0 Å². The Morgan fingerprint density at radius 2 is 1.56 bits per heavy atom. The van der Waals surface area contributed by atoms with Gasteiger partial charge < -0.3 is 20.8 Å². The third-order valence-corrected chi connectivity index (χ3v) is 2.46. The second kappa shape index (κ2) is 6.70. The van der Waals surface area contributed by atoms with E-state index in [9.17, 15) is 9.59 Å². The van der Waals surface area contributed by atoms with Crippen molar-refractivity contribution < 1.29 is 19.8 Å². The van der Waals surface area contributed by atoms with Gasteiger partial charge in [-0.1, -0.05) is 20.8 Å². The van der Waals surface area contributed by atoms with Crippen LogP contribution >= 0.6 is 0 Å². The Balaban J connectivity index is 4.03. The lowest BCUT2D eigenvalue weighted by molar-refractivity contribution is -0.128. The van der Waals surface area contributed by atoms with Crippen molar-refractivity contribution in [2.24, 2.45) is 5.41 Å². The SMILES string of the molecule is CC(CO)(CO)NC(=O)CCNC(=O)C(C)(C)C. The molecule has 0 aliphatic heterocycles. The number of amides is 2. The molecule has 0 saturated heterocycles. The fraction of sp³-hybridized carbons (Fsp3) is 0.833. The summed E-state index contributed by atoms with van der Waals surface area (Å²) in [5, 5.41) is 23.2. The minimum Gasteiger partial charge on any atom is -0.394 e. The Morgan fingerprint density at radius 1 is 1.06 bits per heavy atom. The molecule has 0 aromatic carbocycles. The number of rotatable bonds is 6. The fourth-order valence-electron chi connectivity index (χ4n) is 1.08. The van der Waals surface area contributed by atoms with Crippen LogP contribution in [0.5, 0.6) is 0 Å². The molecular weight excluding hydrogens is 236 g/mol. The molecule has 0 bridgehead atoms. The molecule has 0 unspecified atom stereocenters. The number of carbonyl (C=O) groups excluding carboxylic acids is 2. The third-order valence-electron chi connectivity index (χ3n) is 2.46. The molecule has 2 amide bonds. The molecule has 18 heavy (non-hydrogen) atoms. The van der Waals surface area contributed by atoms with E-state index >= 15 is 0 Å². The summed E-state index contributed by atoms with van der Waals surface area (Å²) in [4.78, 5) is 23.0. The molecule has 0 aliphatic rings. The maximum absolute atomic E-state index is 11.5. The summed E-state index contributed by atoms with van der Waals surface area (Å²) < 4.78 is 0. The van der Waals surface area contributed by atoms with Crippen molar-refractivity contribution in [1.82, 2.24) is 10.6 Å². The number of aliphatic hydroxyl groups excluding tert-OH is 2. The predicted molar refractivity (Wildman–Crippen MR) is 67.8 cm³/mol. The maximum Gasteiger partial charge on any atom is 0.225 e. The third kappa shape index (κ3) is 5.97. The molecule has 6 nitrogen and oxygen atoms in total. The topological polar surface area (TPSA) is 98.7 Å². The highest BCUT2D eigenvalue weighted by molar-refractivity contribution is 5.82. The van der Waals surface area contributed by atoms with Gasteiger partial charge in [-0.2, -0.15) is 0 Å². The molecule has 0 fully saturated rings. The van der Waals surface area contributed by atoms with E-state index in [0.29, 0.717) is 0 Å². The summed E-state index contributed by atoms with van der Waals surface area (Å²) in [5.41, 5.74) is -1.51. The molecule has 106 valence electrons. The van der Waals surface area contributed by atoms with Crippen LogP contribution in [-0.2, 0) is 9.59 Å². The summed E-state index contributed by atoms with van der Waals surface area (Å²) in [7, 11) is 0. The van der Waals surface area contributed by atoms with Gasteiger partial charge in [0, 0.05) is 18.4 Å². The second-order valence-corrected chi connectivity index (χ2v) is 5.68. The van der Waals surface area contributed by atoms with E-state index in [1.807, 2.05) is 0 Å². The van der Waals surface area contributed by atoms with Gasteiger partial charge in [-0.05, 0) is 6.92 Å². The van der Waals surface area contributed by atoms with Crippen LogP contribution in [0.1, 0.15) is 34.1 Å². The predicted octanol–water partition coefficient (Wildman–Crippen LogP) is -0.602. The van der Waals surface area contributed by atoms with E-state index in [1.165, 1.54) is 0 Å². The average molecular weight is 260 g/mol. The molecule has 0 radical (unpaired) electrons. The largest absolute Gasteiger partial charge is 0.394 e. The number of hydrogen-bond acceptors (Lipinski definition) is 4. The number of hydrogen-bond donors (Lipinski definition) is 4. The van der Waals surface area contributed by atoms with Crippen molar-refractivity contribution in [3.8, 4) is 0 Å². The lowest BCUT2D eigenvalue weighted by Gasteiger charge is -2.26. The minimum atomic E-state index is -1.02. The Morgan fingerprint density at radius 3 is 1.94 bits per heavy atom. The Bertz CT molecular complexity index is 293. The fourth-order valence-corrected chi connectivity index (χ4v) is 1.08. The van der Waals surface area contributed by atoms with Crippen LogP contribution in [0.25, 0.3) is 0 Å². The first-order valence-corrected chi connectivity index (χ1v) is 5.95. The van der Waals surface area contributed by atoms with Gasteiger partial charge in [0.15, 0.2) is 0 Å². The van der Waals surface area contributed by atoms with Crippen molar-refractivity contribution in [3.05, 3.63) is 0 Å². The molecule has 0 aromatic heterocycles. The Kier molecular flexibility index (Phi) is 6.28. The zero-order valence-corrected chi connectivity index (χ0v) is 11.5. The van der Waals surface area contributed by atoms with Gasteiger partial charge in [-0.15, -0.1) is 0 Å². The lowest BCUT2D eigenvalue weighted by Crippen LogP contribution is -2.52. The van der Waals surface area contributed by atoms with Gasteiger partial charge in [-0.3, -0.25) is 9.59 Å². The smallest absolute Gasteiger partial charge is 0.225 e. The molecule has 0 spiro atoms. The zero-order valence-electron chi connectivity index (χ0n) is 11.5. The van der Waals surface area contributed by atoms with Gasteiger partial charge in [-0.25, -0.2) is 0 Å². The van der Waals surface area contributed by atoms with Crippen molar-refractivity contribution in [3.63, 3.8) is 0 Å². The van der Waals surface area contributed by atoms with Crippen molar-refractivity contribution >= 4 is 11.8 Å². The zero-order chi connectivity index (χ0) is 14.4. The van der Waals surface area contributed by atoms with E-state index in [-0.39, 0.29) is 38.0 Å². The molecule has 0 rings (SSSR count).